The van der Waals surface area contributed by atoms with Crippen LogP contribution in [-0.2, 0) is 6.42 Å². The van der Waals surface area contributed by atoms with Gasteiger partial charge in [0.15, 0.2) is 0 Å². The van der Waals surface area contributed by atoms with Crippen molar-refractivity contribution in [2.45, 2.75) is 6.42 Å². The van der Waals surface area contributed by atoms with E-state index in [0.29, 0.717) is 6.54 Å². The molecular weight excluding hydrogens is 346 g/mol. The van der Waals surface area contributed by atoms with Crippen LogP contribution in [0.25, 0.3) is 33.6 Å². The number of hydrogen-bond donors (Lipinski definition) is 2. The van der Waals surface area contributed by atoms with Gasteiger partial charge in [0.25, 0.3) is 5.91 Å². The second kappa shape index (κ2) is 6.82. The molecule has 1 amide bonds. The standard InChI is InChI=1S/C24H19N3O/c28-24-20-15-23(27-21(20)10-12-26-24)19-9-11-25-22(14-19)18-8-4-7-17(13-18)16-5-2-1-3-6-16/h1-9,11,13-15,27H,10,12H2,(H,26,28). The number of pyridine rings is 1. The third-order valence-electron chi connectivity index (χ3n) is 5.14. The van der Waals surface area contributed by atoms with Crippen LogP contribution in [0, 0.1) is 0 Å². The average Bonchev–Trinajstić information content (AvgIpc) is 3.21. The lowest BCUT2D eigenvalue weighted by molar-refractivity contribution is 0.0946. The van der Waals surface area contributed by atoms with E-state index in [1.807, 2.05) is 36.5 Å². The fourth-order valence-corrected chi connectivity index (χ4v) is 3.69. The zero-order chi connectivity index (χ0) is 18.9. The average molecular weight is 365 g/mol. The number of carbonyl (C=O) groups is 1. The predicted molar refractivity (Wildman–Crippen MR) is 111 cm³/mol. The zero-order valence-electron chi connectivity index (χ0n) is 15.3. The van der Waals surface area contributed by atoms with E-state index in [1.165, 1.54) is 5.56 Å². The van der Waals surface area contributed by atoms with Gasteiger partial charge in [0.1, 0.15) is 0 Å². The highest BCUT2D eigenvalue weighted by Crippen LogP contribution is 2.29. The van der Waals surface area contributed by atoms with Crippen molar-refractivity contribution in [3.05, 3.63) is 90.3 Å². The Hall–Kier alpha value is -3.66. The van der Waals surface area contributed by atoms with Crippen molar-refractivity contribution in [2.24, 2.45) is 0 Å². The number of aromatic nitrogens is 2. The second-order valence-corrected chi connectivity index (χ2v) is 6.96. The van der Waals surface area contributed by atoms with Crippen LogP contribution in [0.15, 0.2) is 79.0 Å². The number of rotatable bonds is 3. The molecule has 3 heterocycles. The van der Waals surface area contributed by atoms with E-state index in [0.717, 1.165) is 45.8 Å². The highest BCUT2D eigenvalue weighted by Gasteiger charge is 2.20. The van der Waals surface area contributed by atoms with Crippen LogP contribution in [0.3, 0.4) is 0 Å². The van der Waals surface area contributed by atoms with Crippen molar-refractivity contribution in [3.63, 3.8) is 0 Å². The molecule has 2 aromatic heterocycles. The lowest BCUT2D eigenvalue weighted by Gasteiger charge is -2.11. The Bertz CT molecular complexity index is 1160. The Morgan fingerprint density at radius 2 is 1.61 bits per heavy atom. The number of aromatic amines is 1. The summed E-state index contributed by atoms with van der Waals surface area (Å²) in [5.74, 6) is -0.00593. The summed E-state index contributed by atoms with van der Waals surface area (Å²) in [6, 6.07) is 24.7. The van der Waals surface area contributed by atoms with E-state index in [9.17, 15) is 4.79 Å². The monoisotopic (exact) mass is 365 g/mol. The van der Waals surface area contributed by atoms with Crippen molar-refractivity contribution in [1.29, 1.82) is 0 Å². The largest absolute Gasteiger partial charge is 0.358 e. The van der Waals surface area contributed by atoms with Gasteiger partial charge in [0.05, 0.1) is 11.3 Å². The molecule has 4 aromatic rings. The number of amides is 1. The number of carbonyl (C=O) groups excluding carboxylic acids is 1. The van der Waals surface area contributed by atoms with Gasteiger partial charge in [0.2, 0.25) is 0 Å². The molecule has 0 aliphatic carbocycles. The molecule has 4 nitrogen and oxygen atoms in total. The zero-order valence-corrected chi connectivity index (χ0v) is 15.3. The number of nitrogens with one attached hydrogen (secondary N) is 2. The smallest absolute Gasteiger partial charge is 0.253 e. The molecule has 0 atom stereocenters. The first kappa shape index (κ1) is 16.5. The third kappa shape index (κ3) is 2.99. The molecule has 0 unspecified atom stereocenters. The number of fused-ring (bicyclic) bond motifs is 1. The highest BCUT2D eigenvalue weighted by molar-refractivity contribution is 5.97. The molecule has 4 heteroatoms. The molecule has 5 rings (SSSR count). The third-order valence-corrected chi connectivity index (χ3v) is 5.14. The quantitative estimate of drug-likeness (QED) is 0.553. The van der Waals surface area contributed by atoms with Crippen molar-refractivity contribution in [3.8, 4) is 33.6 Å². The fraction of sp³-hybridized carbons (Fsp3) is 0.0833. The van der Waals surface area contributed by atoms with Crippen LogP contribution in [0.4, 0.5) is 0 Å². The molecule has 136 valence electrons. The van der Waals surface area contributed by atoms with Crippen LogP contribution >= 0.6 is 0 Å². The van der Waals surface area contributed by atoms with Crippen molar-refractivity contribution < 1.29 is 4.79 Å². The van der Waals surface area contributed by atoms with E-state index in [2.05, 4.69) is 57.7 Å². The van der Waals surface area contributed by atoms with Gasteiger partial charge < -0.3 is 10.3 Å². The summed E-state index contributed by atoms with van der Waals surface area (Å²) in [7, 11) is 0. The topological polar surface area (TPSA) is 57.8 Å². The van der Waals surface area contributed by atoms with Gasteiger partial charge in [-0.3, -0.25) is 9.78 Å². The summed E-state index contributed by atoms with van der Waals surface area (Å²) in [4.78, 5) is 20.0. The maximum Gasteiger partial charge on any atom is 0.253 e. The minimum absolute atomic E-state index is 0.00593. The maximum atomic E-state index is 12.0. The minimum Gasteiger partial charge on any atom is -0.358 e. The Balaban J connectivity index is 1.53. The molecule has 1 aliphatic heterocycles. The van der Waals surface area contributed by atoms with Crippen molar-refractivity contribution in [1.82, 2.24) is 15.3 Å². The highest BCUT2D eigenvalue weighted by atomic mass is 16.1. The first-order valence-corrected chi connectivity index (χ1v) is 9.40. The van der Waals surface area contributed by atoms with Crippen molar-refractivity contribution in [2.75, 3.05) is 6.54 Å². The summed E-state index contributed by atoms with van der Waals surface area (Å²) in [6.45, 7) is 0.680. The Morgan fingerprint density at radius 1 is 0.786 bits per heavy atom. The normalized spacial score (nSPS) is 13.1. The van der Waals surface area contributed by atoms with Gasteiger partial charge in [-0.2, -0.15) is 0 Å². The van der Waals surface area contributed by atoms with Gasteiger partial charge in [-0.15, -0.1) is 0 Å². The molecule has 2 N–H and O–H groups in total. The lowest BCUT2D eigenvalue weighted by atomic mass is 10.0. The first-order chi connectivity index (χ1) is 13.8. The molecule has 0 spiro atoms. The van der Waals surface area contributed by atoms with E-state index < -0.39 is 0 Å². The van der Waals surface area contributed by atoms with Gasteiger partial charge in [0, 0.05) is 41.7 Å². The van der Waals surface area contributed by atoms with Crippen LogP contribution in [0.2, 0.25) is 0 Å². The summed E-state index contributed by atoms with van der Waals surface area (Å²) < 4.78 is 0. The molecule has 0 radical (unpaired) electrons. The Labute approximate surface area is 163 Å². The molecule has 0 bridgehead atoms. The number of benzene rings is 2. The Morgan fingerprint density at radius 3 is 2.46 bits per heavy atom. The lowest BCUT2D eigenvalue weighted by Crippen LogP contribution is -2.31. The van der Waals surface area contributed by atoms with E-state index in [4.69, 9.17) is 0 Å². The molecule has 2 aromatic carbocycles. The SMILES string of the molecule is O=C1NCCc2[nH]c(-c3ccnc(-c4cccc(-c5ccccc5)c4)c3)cc21. The van der Waals surface area contributed by atoms with E-state index in [-0.39, 0.29) is 5.91 Å². The fourth-order valence-electron chi connectivity index (χ4n) is 3.69. The first-order valence-electron chi connectivity index (χ1n) is 9.40. The number of H-pyrrole nitrogens is 1. The second-order valence-electron chi connectivity index (χ2n) is 6.96. The van der Waals surface area contributed by atoms with Gasteiger partial charge in [-0.1, -0.05) is 48.5 Å². The van der Waals surface area contributed by atoms with Gasteiger partial charge >= 0.3 is 0 Å². The van der Waals surface area contributed by atoms with Gasteiger partial charge in [-0.05, 0) is 35.4 Å². The maximum absolute atomic E-state index is 12.0. The van der Waals surface area contributed by atoms with Crippen LogP contribution in [-0.4, -0.2) is 22.4 Å². The van der Waals surface area contributed by atoms with Crippen LogP contribution in [0.1, 0.15) is 16.1 Å². The molecule has 0 saturated heterocycles. The number of nitrogens with zero attached hydrogens (tertiary/aromatic N) is 1. The summed E-state index contributed by atoms with van der Waals surface area (Å²) in [5, 5.41) is 2.89. The summed E-state index contributed by atoms with van der Waals surface area (Å²) >= 11 is 0. The minimum atomic E-state index is -0.00593. The molecule has 28 heavy (non-hydrogen) atoms. The Kier molecular flexibility index (Phi) is 4.02. The summed E-state index contributed by atoms with van der Waals surface area (Å²) in [6.07, 6.45) is 2.65. The molecule has 0 saturated carbocycles. The molecular formula is C24H19N3O. The van der Waals surface area contributed by atoms with Crippen LogP contribution in [0.5, 0.6) is 0 Å². The summed E-state index contributed by atoms with van der Waals surface area (Å²) in [5.41, 5.74) is 8.04. The van der Waals surface area contributed by atoms with Gasteiger partial charge in [-0.25, -0.2) is 0 Å². The predicted octanol–water partition coefficient (Wildman–Crippen LogP) is 4.70. The molecule has 1 aliphatic rings. The number of hydrogen-bond acceptors (Lipinski definition) is 2. The van der Waals surface area contributed by atoms with Crippen molar-refractivity contribution >= 4 is 5.91 Å². The van der Waals surface area contributed by atoms with E-state index >= 15 is 0 Å². The molecule has 0 fully saturated rings. The van der Waals surface area contributed by atoms with E-state index in [1.54, 1.807) is 0 Å². The van der Waals surface area contributed by atoms with Crippen LogP contribution < -0.4 is 5.32 Å².